The van der Waals surface area contributed by atoms with E-state index in [-0.39, 0.29) is 23.6 Å². The lowest BCUT2D eigenvalue weighted by atomic mass is 10.0. The van der Waals surface area contributed by atoms with Gasteiger partial charge in [0.15, 0.2) is 0 Å². The van der Waals surface area contributed by atoms with Crippen LogP contribution in [0, 0.1) is 6.92 Å². The molecule has 24 heavy (non-hydrogen) atoms. The highest BCUT2D eigenvalue weighted by Crippen LogP contribution is 2.24. The highest BCUT2D eigenvalue weighted by Gasteiger charge is 2.35. The molecule has 1 fully saturated rings. The molecule has 1 aliphatic heterocycles. The average molecular weight is 355 g/mol. The summed E-state index contributed by atoms with van der Waals surface area (Å²) < 4.78 is 34.6. The molecule has 1 amide bonds. The third kappa shape index (κ3) is 4.95. The Morgan fingerprint density at radius 3 is 2.38 bits per heavy atom. The number of hydrogen-bond acceptors (Lipinski definition) is 5. The van der Waals surface area contributed by atoms with Crippen LogP contribution < -0.4 is 0 Å². The fraction of sp³-hybridized carbons (Fsp3) is 0.588. The van der Waals surface area contributed by atoms with Crippen molar-refractivity contribution in [3.8, 4) is 0 Å². The van der Waals surface area contributed by atoms with E-state index in [0.29, 0.717) is 13.0 Å². The van der Waals surface area contributed by atoms with Gasteiger partial charge in [0.05, 0.1) is 11.5 Å². The van der Waals surface area contributed by atoms with Gasteiger partial charge in [-0.3, -0.25) is 4.18 Å². The monoisotopic (exact) mass is 355 g/mol. The zero-order valence-electron chi connectivity index (χ0n) is 14.6. The van der Waals surface area contributed by atoms with Gasteiger partial charge in [-0.15, -0.1) is 0 Å². The maximum Gasteiger partial charge on any atom is 0.410 e. The van der Waals surface area contributed by atoms with E-state index >= 15 is 0 Å². The number of nitrogens with zero attached hydrogens (tertiary/aromatic N) is 1. The molecule has 0 spiro atoms. The smallest absolute Gasteiger partial charge is 0.410 e. The van der Waals surface area contributed by atoms with E-state index in [1.54, 1.807) is 17.0 Å². The Morgan fingerprint density at radius 1 is 1.25 bits per heavy atom. The van der Waals surface area contributed by atoms with E-state index in [1.807, 2.05) is 27.7 Å². The lowest BCUT2D eigenvalue weighted by Crippen LogP contribution is -2.53. The van der Waals surface area contributed by atoms with E-state index in [1.165, 1.54) is 12.1 Å². The van der Waals surface area contributed by atoms with Gasteiger partial charge in [0.1, 0.15) is 5.60 Å². The molecule has 1 aliphatic rings. The van der Waals surface area contributed by atoms with Crippen LogP contribution >= 0.6 is 0 Å². The van der Waals surface area contributed by atoms with Crippen molar-refractivity contribution in [1.82, 2.24) is 4.90 Å². The average Bonchev–Trinajstić information content (AvgIpc) is 2.40. The summed E-state index contributed by atoms with van der Waals surface area (Å²) in [6.45, 7) is 8.01. The summed E-state index contributed by atoms with van der Waals surface area (Å²) in [6, 6.07) is 6.48. The minimum absolute atomic E-state index is 0.0342. The molecule has 0 unspecified atom stereocenters. The number of amides is 1. The largest absolute Gasteiger partial charge is 0.444 e. The molecule has 7 heteroatoms. The summed E-state index contributed by atoms with van der Waals surface area (Å²) >= 11 is 0. The van der Waals surface area contributed by atoms with Gasteiger partial charge in [0, 0.05) is 12.6 Å². The summed E-state index contributed by atoms with van der Waals surface area (Å²) in [6.07, 6.45) is 0.928. The quantitative estimate of drug-likeness (QED) is 0.759. The minimum atomic E-state index is -3.76. The van der Waals surface area contributed by atoms with Crippen LogP contribution in [0.2, 0.25) is 0 Å². The molecule has 1 saturated heterocycles. The van der Waals surface area contributed by atoms with Crippen LogP contribution in [-0.2, 0) is 19.0 Å². The Morgan fingerprint density at radius 2 is 1.88 bits per heavy atom. The van der Waals surface area contributed by atoms with Crippen LogP contribution in [-0.4, -0.2) is 44.2 Å². The Labute approximate surface area is 143 Å². The molecule has 0 N–H and O–H groups in total. The van der Waals surface area contributed by atoms with Gasteiger partial charge in [0.2, 0.25) is 0 Å². The molecule has 2 rings (SSSR count). The number of likely N-dealkylation sites (tertiary alicyclic amines) is 1. The molecule has 0 aromatic heterocycles. The molecular formula is C17H25NO5S. The number of ether oxygens (including phenoxy) is 1. The van der Waals surface area contributed by atoms with Gasteiger partial charge in [0.25, 0.3) is 10.1 Å². The fourth-order valence-electron chi connectivity index (χ4n) is 2.37. The summed E-state index contributed by atoms with van der Waals surface area (Å²) in [5.74, 6) is 0. The van der Waals surface area contributed by atoms with Crippen LogP contribution in [0.5, 0.6) is 0 Å². The minimum Gasteiger partial charge on any atom is -0.444 e. The maximum atomic E-state index is 12.1. The van der Waals surface area contributed by atoms with Crippen molar-refractivity contribution in [2.45, 2.75) is 57.1 Å². The van der Waals surface area contributed by atoms with E-state index in [9.17, 15) is 13.2 Å². The molecule has 1 aromatic carbocycles. The highest BCUT2D eigenvalue weighted by atomic mass is 32.2. The van der Waals surface area contributed by atoms with Gasteiger partial charge < -0.3 is 9.64 Å². The zero-order valence-corrected chi connectivity index (χ0v) is 15.4. The number of benzene rings is 1. The predicted octanol–water partition coefficient (Wildman–Crippen LogP) is 3.10. The van der Waals surface area contributed by atoms with Gasteiger partial charge in [-0.05, 0) is 52.7 Å². The van der Waals surface area contributed by atoms with Crippen molar-refractivity contribution < 1.29 is 22.1 Å². The first-order chi connectivity index (χ1) is 11.1. The second-order valence-corrected chi connectivity index (χ2v) is 8.61. The summed E-state index contributed by atoms with van der Waals surface area (Å²) in [5, 5.41) is 0. The highest BCUT2D eigenvalue weighted by molar-refractivity contribution is 7.86. The van der Waals surface area contributed by atoms with Crippen LogP contribution in [0.15, 0.2) is 29.2 Å². The lowest BCUT2D eigenvalue weighted by Gasteiger charge is -2.41. The van der Waals surface area contributed by atoms with Crippen molar-refractivity contribution in [3.05, 3.63) is 29.8 Å². The van der Waals surface area contributed by atoms with E-state index in [2.05, 4.69) is 0 Å². The van der Waals surface area contributed by atoms with Gasteiger partial charge in [-0.1, -0.05) is 17.7 Å². The molecule has 0 saturated carbocycles. The molecule has 0 bridgehead atoms. The maximum absolute atomic E-state index is 12.1. The Bertz CT molecular complexity index is 676. The number of carbonyl (C=O) groups is 1. The summed E-state index contributed by atoms with van der Waals surface area (Å²) in [4.78, 5) is 13.8. The SMILES string of the molecule is Cc1ccc(S(=O)(=O)OCC[C@@H]2CCN2C(=O)OC(C)(C)C)cc1. The third-order valence-electron chi connectivity index (χ3n) is 3.77. The van der Waals surface area contributed by atoms with Crippen LogP contribution in [0.25, 0.3) is 0 Å². The summed E-state index contributed by atoms with van der Waals surface area (Å²) in [5.41, 5.74) is 0.444. The molecule has 6 nitrogen and oxygen atoms in total. The molecule has 1 aromatic rings. The van der Waals surface area contributed by atoms with Gasteiger partial charge in [-0.2, -0.15) is 8.42 Å². The van der Waals surface area contributed by atoms with Crippen LogP contribution in [0.3, 0.4) is 0 Å². The number of hydrogen-bond donors (Lipinski definition) is 0. The number of rotatable bonds is 5. The first-order valence-electron chi connectivity index (χ1n) is 8.04. The molecule has 134 valence electrons. The van der Waals surface area contributed by atoms with Gasteiger partial charge in [-0.25, -0.2) is 4.79 Å². The Hall–Kier alpha value is -1.60. The third-order valence-corrected chi connectivity index (χ3v) is 5.10. The van der Waals surface area contributed by atoms with E-state index in [4.69, 9.17) is 8.92 Å². The van der Waals surface area contributed by atoms with Gasteiger partial charge >= 0.3 is 6.09 Å². The molecule has 1 heterocycles. The normalized spacial score (nSPS) is 18.2. The number of aryl methyl sites for hydroxylation is 1. The van der Waals surface area contributed by atoms with Crippen LogP contribution in [0.4, 0.5) is 4.79 Å². The topological polar surface area (TPSA) is 72.9 Å². The van der Waals surface area contributed by atoms with Crippen molar-refractivity contribution in [2.24, 2.45) is 0 Å². The number of carbonyl (C=O) groups excluding carboxylic acids is 1. The van der Waals surface area contributed by atoms with Crippen LogP contribution in [0.1, 0.15) is 39.2 Å². The second-order valence-electron chi connectivity index (χ2n) is 6.99. The fourth-order valence-corrected chi connectivity index (χ4v) is 3.29. The van der Waals surface area contributed by atoms with Crippen molar-refractivity contribution in [2.75, 3.05) is 13.2 Å². The summed E-state index contributed by atoms with van der Waals surface area (Å²) in [7, 11) is -3.76. The predicted molar refractivity (Wildman–Crippen MR) is 90.3 cm³/mol. The standard InChI is InChI=1S/C17H25NO5S/c1-13-5-7-15(8-6-13)24(20,21)22-12-10-14-9-11-18(14)16(19)23-17(2,3)4/h5-8,14H,9-12H2,1-4H3/t14-/m0/s1. The molecule has 0 aliphatic carbocycles. The lowest BCUT2D eigenvalue weighted by molar-refractivity contribution is -0.00850. The Balaban J connectivity index is 1.83. The van der Waals surface area contributed by atoms with Crippen molar-refractivity contribution in [1.29, 1.82) is 0 Å². The first-order valence-corrected chi connectivity index (χ1v) is 9.45. The first kappa shape index (κ1) is 18.7. The van der Waals surface area contributed by atoms with Crippen molar-refractivity contribution >= 4 is 16.2 Å². The van der Waals surface area contributed by atoms with Crippen molar-refractivity contribution in [3.63, 3.8) is 0 Å². The molecule has 1 atom stereocenters. The van der Waals surface area contributed by atoms with E-state index < -0.39 is 15.7 Å². The molecule has 0 radical (unpaired) electrons. The second kappa shape index (κ2) is 7.11. The zero-order chi connectivity index (χ0) is 18.0. The molecular weight excluding hydrogens is 330 g/mol. The van der Waals surface area contributed by atoms with E-state index in [0.717, 1.165) is 12.0 Å². The Kier molecular flexibility index (Phi) is 5.55.